The maximum Gasteiger partial charge on any atom is 1.00 e. The fraction of sp³-hybridized carbons (Fsp3) is 0.286. The number of hydrogen-bond acceptors (Lipinski definition) is 6. The number of carboxylic acid groups (broad SMARTS) is 1. The van der Waals surface area contributed by atoms with Crippen LogP contribution in [0.5, 0.6) is 5.75 Å². The molecule has 1 fully saturated rings. The number of piperidine rings is 1. The third-order valence-electron chi connectivity index (χ3n) is 5.07. The second-order valence-corrected chi connectivity index (χ2v) is 7.06. The molecule has 0 atom stereocenters. The van der Waals surface area contributed by atoms with Crippen LogP contribution in [0, 0.1) is 5.92 Å². The molecule has 10 heteroatoms. The Morgan fingerprint density at radius 3 is 2.55 bits per heavy atom. The summed E-state index contributed by atoms with van der Waals surface area (Å²) in [5.74, 6) is -1.26. The monoisotopic (exact) mass is 439 g/mol. The number of halogens is 3. The number of anilines is 1. The van der Waals surface area contributed by atoms with Gasteiger partial charge in [0.15, 0.2) is 0 Å². The molecule has 4 rings (SSSR count). The summed E-state index contributed by atoms with van der Waals surface area (Å²) in [6, 6.07) is 11.1. The van der Waals surface area contributed by atoms with Crippen LogP contribution in [0.2, 0.25) is 0 Å². The van der Waals surface area contributed by atoms with Gasteiger partial charge >= 0.3 is 35.9 Å². The van der Waals surface area contributed by atoms with E-state index in [9.17, 15) is 23.1 Å². The molecular formula is C21H17F3N3NaO3. The summed E-state index contributed by atoms with van der Waals surface area (Å²) in [6.45, 7) is 0.988. The molecule has 0 saturated carbocycles. The number of carbonyl (C=O) groups excluding carboxylic acids is 1. The summed E-state index contributed by atoms with van der Waals surface area (Å²) in [6.07, 6.45) is -2.31. The molecule has 1 aliphatic rings. The number of aliphatic carboxylic acids is 1. The molecule has 0 N–H and O–H groups in total. The topological polar surface area (TPSA) is 78.4 Å². The molecule has 1 aromatic carbocycles. The predicted molar refractivity (Wildman–Crippen MR) is 102 cm³/mol. The van der Waals surface area contributed by atoms with Crippen LogP contribution in [-0.2, 0) is 4.79 Å². The Morgan fingerprint density at radius 2 is 1.87 bits per heavy atom. The van der Waals surface area contributed by atoms with Crippen LogP contribution in [0.4, 0.5) is 19.0 Å². The van der Waals surface area contributed by atoms with Crippen LogP contribution in [0.3, 0.4) is 0 Å². The van der Waals surface area contributed by atoms with Crippen molar-refractivity contribution in [2.75, 3.05) is 18.0 Å². The van der Waals surface area contributed by atoms with Gasteiger partial charge in [-0.25, -0.2) is 4.98 Å². The van der Waals surface area contributed by atoms with Crippen LogP contribution in [0.1, 0.15) is 12.8 Å². The van der Waals surface area contributed by atoms with Crippen molar-refractivity contribution in [1.29, 1.82) is 0 Å². The van der Waals surface area contributed by atoms with E-state index in [1.807, 2.05) is 17.0 Å². The molecule has 3 aromatic rings. The molecule has 3 heterocycles. The first-order chi connectivity index (χ1) is 14.3. The molecule has 0 spiro atoms. The first-order valence-electron chi connectivity index (χ1n) is 9.38. The minimum absolute atomic E-state index is 0. The molecule has 2 aromatic heterocycles. The third-order valence-corrected chi connectivity index (χ3v) is 5.07. The van der Waals surface area contributed by atoms with Gasteiger partial charge in [-0.3, -0.25) is 4.98 Å². The summed E-state index contributed by atoms with van der Waals surface area (Å²) in [5.41, 5.74) is 1.42. The number of nitrogens with zero attached hydrogens (tertiary/aromatic N) is 3. The molecule has 0 unspecified atom stereocenters. The standard InChI is InChI=1S/C21H18F3N3O3.Na/c22-21(23,24)30-16-5-1-3-14(11-16)19-18-15(4-2-8-25-18)12-17(26-19)27-9-6-13(7-10-27)20(28)29;/h1-5,8,11-13H,6-7,9-10H2,(H,28,29);/q;+1/p-1. The number of alkyl halides is 3. The Balaban J connectivity index is 0.00000272. The van der Waals surface area contributed by atoms with E-state index in [0.29, 0.717) is 48.5 Å². The van der Waals surface area contributed by atoms with Crippen molar-refractivity contribution >= 4 is 22.7 Å². The minimum atomic E-state index is -4.79. The van der Waals surface area contributed by atoms with Crippen molar-refractivity contribution in [2.24, 2.45) is 5.92 Å². The molecule has 156 valence electrons. The van der Waals surface area contributed by atoms with E-state index in [0.717, 1.165) is 5.39 Å². The smallest absolute Gasteiger partial charge is 0.550 e. The van der Waals surface area contributed by atoms with E-state index in [1.54, 1.807) is 18.3 Å². The fourth-order valence-corrected chi connectivity index (χ4v) is 3.62. The van der Waals surface area contributed by atoms with Crippen LogP contribution >= 0.6 is 0 Å². The first-order valence-corrected chi connectivity index (χ1v) is 9.38. The number of pyridine rings is 2. The Hall–Kier alpha value is -2.36. The van der Waals surface area contributed by atoms with E-state index in [2.05, 4.69) is 14.7 Å². The zero-order valence-corrected chi connectivity index (χ0v) is 18.7. The molecule has 6 nitrogen and oxygen atoms in total. The van der Waals surface area contributed by atoms with Crippen LogP contribution in [-0.4, -0.2) is 35.4 Å². The summed E-state index contributed by atoms with van der Waals surface area (Å²) >= 11 is 0. The maximum atomic E-state index is 12.6. The zero-order valence-electron chi connectivity index (χ0n) is 16.7. The maximum absolute atomic E-state index is 12.6. The number of fused-ring (bicyclic) bond motifs is 1. The quantitative estimate of drug-likeness (QED) is 0.540. The van der Waals surface area contributed by atoms with Crippen molar-refractivity contribution in [3.63, 3.8) is 0 Å². The number of carboxylic acids is 1. The number of carbonyl (C=O) groups is 1. The molecule has 0 radical (unpaired) electrons. The van der Waals surface area contributed by atoms with Gasteiger partial charge in [-0.15, -0.1) is 13.2 Å². The van der Waals surface area contributed by atoms with Crippen molar-refractivity contribution in [2.45, 2.75) is 19.2 Å². The summed E-state index contributed by atoms with van der Waals surface area (Å²) in [5, 5.41) is 11.9. The molecular weight excluding hydrogens is 422 g/mol. The predicted octanol–water partition coefficient (Wildman–Crippen LogP) is 0.166. The Labute approximate surface area is 198 Å². The van der Waals surface area contributed by atoms with Gasteiger partial charge in [0.25, 0.3) is 0 Å². The van der Waals surface area contributed by atoms with Crippen LogP contribution < -0.4 is 44.3 Å². The van der Waals surface area contributed by atoms with Gasteiger partial charge in [0.1, 0.15) is 11.6 Å². The van der Waals surface area contributed by atoms with Gasteiger partial charge in [0, 0.05) is 42.1 Å². The van der Waals surface area contributed by atoms with E-state index in [-0.39, 0.29) is 35.3 Å². The number of benzene rings is 1. The van der Waals surface area contributed by atoms with Crippen molar-refractivity contribution in [3.8, 4) is 17.0 Å². The zero-order chi connectivity index (χ0) is 21.3. The summed E-state index contributed by atoms with van der Waals surface area (Å²) in [4.78, 5) is 22.1. The minimum Gasteiger partial charge on any atom is -0.550 e. The number of ether oxygens (including phenoxy) is 1. The normalized spacial score (nSPS) is 14.9. The van der Waals surface area contributed by atoms with Gasteiger partial charge in [-0.1, -0.05) is 18.2 Å². The Kier molecular flexibility index (Phi) is 7.08. The van der Waals surface area contributed by atoms with Gasteiger partial charge < -0.3 is 19.5 Å². The van der Waals surface area contributed by atoms with Crippen molar-refractivity contribution in [1.82, 2.24) is 9.97 Å². The molecule has 0 aliphatic carbocycles. The van der Waals surface area contributed by atoms with Crippen molar-refractivity contribution in [3.05, 3.63) is 48.7 Å². The first kappa shape index (κ1) is 23.3. The van der Waals surface area contributed by atoms with Crippen LogP contribution in [0.15, 0.2) is 48.7 Å². The molecule has 1 saturated heterocycles. The average Bonchev–Trinajstić information content (AvgIpc) is 2.72. The van der Waals surface area contributed by atoms with Gasteiger partial charge in [-0.05, 0) is 37.1 Å². The van der Waals surface area contributed by atoms with E-state index in [4.69, 9.17) is 0 Å². The Bertz CT molecular complexity index is 1090. The summed E-state index contributed by atoms with van der Waals surface area (Å²) < 4.78 is 41.9. The SMILES string of the molecule is O=C([O-])C1CCN(c2cc3cccnc3c(-c3cccc(OC(F)(F)F)c3)n2)CC1.[Na+]. The molecule has 1 aliphatic heterocycles. The van der Waals surface area contributed by atoms with Gasteiger partial charge in [-0.2, -0.15) is 0 Å². The van der Waals surface area contributed by atoms with Gasteiger partial charge in [0.05, 0.1) is 11.2 Å². The number of rotatable bonds is 4. The third kappa shape index (κ3) is 5.47. The summed E-state index contributed by atoms with van der Waals surface area (Å²) in [7, 11) is 0. The second kappa shape index (κ2) is 9.42. The number of aromatic nitrogens is 2. The van der Waals surface area contributed by atoms with Gasteiger partial charge in [0.2, 0.25) is 0 Å². The Morgan fingerprint density at radius 1 is 1.13 bits per heavy atom. The molecule has 0 bridgehead atoms. The van der Waals surface area contributed by atoms with Crippen LogP contribution in [0.25, 0.3) is 22.2 Å². The molecule has 0 amide bonds. The van der Waals surface area contributed by atoms with E-state index < -0.39 is 18.2 Å². The number of hydrogen-bond donors (Lipinski definition) is 0. The largest absolute Gasteiger partial charge is 1.00 e. The van der Waals surface area contributed by atoms with E-state index in [1.165, 1.54) is 18.2 Å². The van der Waals surface area contributed by atoms with E-state index >= 15 is 0 Å². The van der Waals surface area contributed by atoms with Crippen molar-refractivity contribution < 1.29 is 57.4 Å². The average molecular weight is 439 g/mol. The fourth-order valence-electron chi connectivity index (χ4n) is 3.62. The molecule has 31 heavy (non-hydrogen) atoms. The second-order valence-electron chi connectivity index (χ2n) is 7.06.